The summed E-state index contributed by atoms with van der Waals surface area (Å²) in [6.07, 6.45) is 3.00. The zero-order valence-electron chi connectivity index (χ0n) is 12.6. The van der Waals surface area contributed by atoms with Gasteiger partial charge in [-0.1, -0.05) is 25.1 Å². The molecule has 4 heteroatoms. The van der Waals surface area contributed by atoms with Gasteiger partial charge in [-0.25, -0.2) is 0 Å². The molecule has 0 saturated carbocycles. The van der Waals surface area contributed by atoms with Crippen LogP contribution in [0.1, 0.15) is 30.8 Å². The molecule has 1 N–H and O–H groups in total. The van der Waals surface area contributed by atoms with Crippen molar-refractivity contribution in [1.82, 2.24) is 14.3 Å². The fourth-order valence-corrected chi connectivity index (χ4v) is 2.84. The van der Waals surface area contributed by atoms with E-state index in [0.717, 1.165) is 41.7 Å². The number of hydrogen-bond acceptors (Lipinski definition) is 2. The monoisotopic (exact) mass is 283 g/mol. The molecule has 0 aliphatic heterocycles. The van der Waals surface area contributed by atoms with Gasteiger partial charge in [0.05, 0.1) is 24.5 Å². The van der Waals surface area contributed by atoms with Crippen LogP contribution in [0.4, 0.5) is 0 Å². The van der Waals surface area contributed by atoms with E-state index in [4.69, 9.17) is 0 Å². The molecule has 0 atom stereocenters. The summed E-state index contributed by atoms with van der Waals surface area (Å²) in [5, 5.41) is 15.3. The maximum Gasteiger partial charge on any atom is 0.0702 e. The first-order chi connectivity index (χ1) is 10.3. The number of aryl methyl sites for hydroxylation is 2. The predicted molar refractivity (Wildman–Crippen MR) is 84.2 cm³/mol. The zero-order valence-corrected chi connectivity index (χ0v) is 12.6. The summed E-state index contributed by atoms with van der Waals surface area (Å²) in [6, 6.07) is 10.4. The maximum atomic E-state index is 9.53. The second-order valence-electron chi connectivity index (χ2n) is 5.25. The standard InChI is InChI=1S/C17H21N3O/c1-3-14-9-15(20(4-2)18-14)11-19-10-13(12-21)16-7-5-6-8-17(16)19/h5-10,21H,3-4,11-12H2,1-2H3. The average Bonchev–Trinajstić information content (AvgIpc) is 3.09. The lowest BCUT2D eigenvalue weighted by Gasteiger charge is -2.07. The van der Waals surface area contributed by atoms with Crippen molar-refractivity contribution in [2.24, 2.45) is 0 Å². The van der Waals surface area contributed by atoms with Gasteiger partial charge in [-0.15, -0.1) is 0 Å². The van der Waals surface area contributed by atoms with Gasteiger partial charge in [0.2, 0.25) is 0 Å². The summed E-state index contributed by atoms with van der Waals surface area (Å²) in [6.45, 7) is 5.97. The molecular weight excluding hydrogens is 262 g/mol. The molecule has 3 aromatic rings. The number of aromatic nitrogens is 3. The first-order valence-electron chi connectivity index (χ1n) is 7.50. The van der Waals surface area contributed by atoms with Crippen molar-refractivity contribution in [3.05, 3.63) is 53.5 Å². The van der Waals surface area contributed by atoms with Crippen LogP contribution in [-0.2, 0) is 26.1 Å². The van der Waals surface area contributed by atoms with Gasteiger partial charge in [0.15, 0.2) is 0 Å². The fourth-order valence-electron chi connectivity index (χ4n) is 2.84. The molecule has 21 heavy (non-hydrogen) atoms. The molecular formula is C17H21N3O. The van der Waals surface area contributed by atoms with Crippen molar-refractivity contribution in [3.63, 3.8) is 0 Å². The smallest absolute Gasteiger partial charge is 0.0702 e. The molecule has 0 radical (unpaired) electrons. The number of rotatable bonds is 5. The van der Waals surface area contributed by atoms with E-state index in [2.05, 4.69) is 46.4 Å². The predicted octanol–water partition coefficient (Wildman–Crippen LogP) is 2.96. The minimum absolute atomic E-state index is 0.0702. The SMILES string of the molecule is CCc1cc(Cn2cc(CO)c3ccccc32)n(CC)n1. The summed E-state index contributed by atoms with van der Waals surface area (Å²) in [7, 11) is 0. The highest BCUT2D eigenvalue weighted by Crippen LogP contribution is 2.22. The topological polar surface area (TPSA) is 43.0 Å². The molecule has 0 aliphatic rings. The highest BCUT2D eigenvalue weighted by atomic mass is 16.3. The van der Waals surface area contributed by atoms with Crippen molar-refractivity contribution in [1.29, 1.82) is 0 Å². The van der Waals surface area contributed by atoms with Gasteiger partial charge in [-0.2, -0.15) is 5.10 Å². The Morgan fingerprint density at radius 3 is 2.71 bits per heavy atom. The van der Waals surface area contributed by atoms with Crippen LogP contribution in [0.2, 0.25) is 0 Å². The second-order valence-corrected chi connectivity index (χ2v) is 5.25. The minimum Gasteiger partial charge on any atom is -0.392 e. The Bertz CT molecular complexity index is 755. The number of aliphatic hydroxyl groups excluding tert-OH is 1. The molecule has 0 bridgehead atoms. The molecule has 1 aromatic carbocycles. The summed E-state index contributed by atoms with van der Waals surface area (Å²) in [4.78, 5) is 0. The summed E-state index contributed by atoms with van der Waals surface area (Å²) in [5.41, 5.74) is 4.47. The van der Waals surface area contributed by atoms with E-state index >= 15 is 0 Å². The van der Waals surface area contributed by atoms with Crippen LogP contribution in [0.25, 0.3) is 10.9 Å². The number of aliphatic hydroxyl groups is 1. The van der Waals surface area contributed by atoms with E-state index in [-0.39, 0.29) is 6.61 Å². The van der Waals surface area contributed by atoms with Crippen LogP contribution in [-0.4, -0.2) is 19.5 Å². The van der Waals surface area contributed by atoms with Crippen LogP contribution >= 0.6 is 0 Å². The number of hydrogen-bond donors (Lipinski definition) is 1. The molecule has 110 valence electrons. The Morgan fingerprint density at radius 1 is 1.19 bits per heavy atom. The van der Waals surface area contributed by atoms with Gasteiger partial charge in [0, 0.05) is 29.2 Å². The third-order valence-electron chi connectivity index (χ3n) is 3.95. The van der Waals surface area contributed by atoms with Crippen LogP contribution in [0, 0.1) is 0 Å². The molecule has 0 spiro atoms. The Hall–Kier alpha value is -2.07. The normalized spacial score (nSPS) is 11.4. The zero-order chi connectivity index (χ0) is 14.8. The van der Waals surface area contributed by atoms with E-state index in [9.17, 15) is 5.11 Å². The molecule has 0 unspecified atom stereocenters. The van der Waals surface area contributed by atoms with Crippen molar-refractivity contribution in [2.75, 3.05) is 0 Å². The first-order valence-corrected chi connectivity index (χ1v) is 7.50. The second kappa shape index (κ2) is 5.74. The van der Waals surface area contributed by atoms with Gasteiger partial charge in [0.25, 0.3) is 0 Å². The lowest BCUT2D eigenvalue weighted by molar-refractivity contribution is 0.283. The molecule has 0 fully saturated rings. The van der Waals surface area contributed by atoms with E-state index in [1.807, 2.05) is 18.3 Å². The van der Waals surface area contributed by atoms with E-state index in [1.165, 1.54) is 5.69 Å². The van der Waals surface area contributed by atoms with Crippen LogP contribution in [0.5, 0.6) is 0 Å². The fraction of sp³-hybridized carbons (Fsp3) is 0.353. The Balaban J connectivity index is 2.04. The average molecular weight is 283 g/mol. The molecule has 3 rings (SSSR count). The van der Waals surface area contributed by atoms with Gasteiger partial charge in [-0.3, -0.25) is 4.68 Å². The van der Waals surface area contributed by atoms with E-state index < -0.39 is 0 Å². The van der Waals surface area contributed by atoms with Crippen LogP contribution in [0.15, 0.2) is 36.5 Å². The third kappa shape index (κ3) is 2.47. The molecule has 0 amide bonds. The number of benzene rings is 1. The molecule has 0 aliphatic carbocycles. The minimum atomic E-state index is 0.0702. The van der Waals surface area contributed by atoms with Crippen molar-refractivity contribution >= 4 is 10.9 Å². The highest BCUT2D eigenvalue weighted by molar-refractivity contribution is 5.83. The van der Waals surface area contributed by atoms with Crippen LogP contribution < -0.4 is 0 Å². The first kappa shape index (κ1) is 13.9. The van der Waals surface area contributed by atoms with E-state index in [1.54, 1.807) is 0 Å². The van der Waals surface area contributed by atoms with Crippen molar-refractivity contribution in [2.45, 2.75) is 40.0 Å². The number of fused-ring (bicyclic) bond motifs is 1. The highest BCUT2D eigenvalue weighted by Gasteiger charge is 2.11. The lowest BCUT2D eigenvalue weighted by Crippen LogP contribution is -2.07. The lowest BCUT2D eigenvalue weighted by atomic mass is 10.2. The van der Waals surface area contributed by atoms with Crippen molar-refractivity contribution < 1.29 is 5.11 Å². The van der Waals surface area contributed by atoms with Gasteiger partial charge in [-0.05, 0) is 25.5 Å². The molecule has 4 nitrogen and oxygen atoms in total. The Kier molecular flexibility index (Phi) is 3.80. The van der Waals surface area contributed by atoms with Gasteiger partial charge in [0.1, 0.15) is 0 Å². The molecule has 2 heterocycles. The third-order valence-corrected chi connectivity index (χ3v) is 3.95. The molecule has 0 saturated heterocycles. The number of para-hydroxylation sites is 1. The summed E-state index contributed by atoms with van der Waals surface area (Å²) in [5.74, 6) is 0. The maximum absolute atomic E-state index is 9.53. The quantitative estimate of drug-likeness (QED) is 0.782. The number of nitrogens with zero attached hydrogens (tertiary/aromatic N) is 3. The largest absolute Gasteiger partial charge is 0.392 e. The Morgan fingerprint density at radius 2 is 2.00 bits per heavy atom. The summed E-state index contributed by atoms with van der Waals surface area (Å²) >= 11 is 0. The van der Waals surface area contributed by atoms with Gasteiger partial charge >= 0.3 is 0 Å². The van der Waals surface area contributed by atoms with Crippen LogP contribution in [0.3, 0.4) is 0 Å². The van der Waals surface area contributed by atoms with Gasteiger partial charge < -0.3 is 9.67 Å². The Labute approximate surface area is 124 Å². The summed E-state index contributed by atoms with van der Waals surface area (Å²) < 4.78 is 4.26. The molecule has 2 aromatic heterocycles. The van der Waals surface area contributed by atoms with Crippen molar-refractivity contribution in [3.8, 4) is 0 Å². The van der Waals surface area contributed by atoms with E-state index in [0.29, 0.717) is 0 Å².